The maximum absolute atomic E-state index is 13.3. The van der Waals surface area contributed by atoms with Gasteiger partial charge in [-0.15, -0.1) is 10.2 Å². The van der Waals surface area contributed by atoms with Gasteiger partial charge in [0.25, 0.3) is 0 Å². The number of aryl methyl sites for hydroxylation is 2. The number of anilines is 1. The number of para-hydroxylation sites is 1. The molecule has 1 atom stereocenters. The molecule has 12 heteroatoms. The molecule has 0 unspecified atom stereocenters. The number of hydrogen-bond acceptors (Lipinski definition) is 9. The van der Waals surface area contributed by atoms with E-state index in [1.807, 2.05) is 6.92 Å². The van der Waals surface area contributed by atoms with Crippen molar-refractivity contribution in [1.82, 2.24) is 24.7 Å². The van der Waals surface area contributed by atoms with Gasteiger partial charge in [-0.1, -0.05) is 6.07 Å². The second kappa shape index (κ2) is 9.74. The Balaban J connectivity index is 1.79. The normalized spacial score (nSPS) is 12.4. The Morgan fingerprint density at radius 3 is 2.26 bits per heavy atom. The summed E-state index contributed by atoms with van der Waals surface area (Å²) in [5.41, 5.74) is 1.31. The number of hydrogen-bond donors (Lipinski definition) is 1. The summed E-state index contributed by atoms with van der Waals surface area (Å²) in [7, 11) is -0.907. The molecule has 0 bridgehead atoms. The average Bonchev–Trinajstić information content (AvgIpc) is 3.45. The second-order valence-corrected chi connectivity index (χ2v) is 10.0. The molecule has 0 saturated heterocycles. The molecule has 35 heavy (non-hydrogen) atoms. The van der Waals surface area contributed by atoms with E-state index in [0.717, 1.165) is 5.56 Å². The van der Waals surface area contributed by atoms with Crippen LogP contribution in [0.3, 0.4) is 0 Å². The van der Waals surface area contributed by atoms with Crippen LogP contribution in [0.25, 0.3) is 17.3 Å². The van der Waals surface area contributed by atoms with Crippen molar-refractivity contribution in [2.75, 3.05) is 18.9 Å². The zero-order chi connectivity index (χ0) is 25.2. The lowest BCUT2D eigenvalue weighted by Gasteiger charge is -2.18. The van der Waals surface area contributed by atoms with Crippen LogP contribution < -0.4 is 14.2 Å². The molecular weight excluding hydrogens is 472 g/mol. The van der Waals surface area contributed by atoms with Crippen LogP contribution in [0.2, 0.25) is 0 Å². The van der Waals surface area contributed by atoms with Crippen LogP contribution in [0.15, 0.2) is 47.1 Å². The van der Waals surface area contributed by atoms with E-state index < -0.39 is 15.3 Å². The molecule has 0 aliphatic rings. The Hall–Kier alpha value is -3.93. The van der Waals surface area contributed by atoms with Crippen LogP contribution in [-0.2, 0) is 16.4 Å². The lowest BCUT2D eigenvalue weighted by Crippen LogP contribution is -2.29. The van der Waals surface area contributed by atoms with Crippen LogP contribution in [0, 0.1) is 13.8 Å². The van der Waals surface area contributed by atoms with E-state index in [2.05, 4.69) is 24.9 Å². The van der Waals surface area contributed by atoms with Gasteiger partial charge >= 0.3 is 0 Å². The third-order valence-corrected chi connectivity index (χ3v) is 7.01. The summed E-state index contributed by atoms with van der Waals surface area (Å²) < 4.78 is 47.5. The molecule has 0 aliphatic heterocycles. The fourth-order valence-electron chi connectivity index (χ4n) is 3.45. The van der Waals surface area contributed by atoms with E-state index in [9.17, 15) is 8.42 Å². The maximum Gasteiger partial charge on any atom is 0.243 e. The monoisotopic (exact) mass is 498 g/mol. The molecule has 1 N–H and O–H groups in total. The smallest absolute Gasteiger partial charge is 0.243 e. The van der Waals surface area contributed by atoms with E-state index in [4.69, 9.17) is 13.9 Å². The number of sulfonamides is 1. The molecule has 0 aliphatic carbocycles. The van der Waals surface area contributed by atoms with Gasteiger partial charge in [0.1, 0.15) is 28.8 Å². The number of nitrogens with one attached hydrogen (secondary N) is 1. The minimum Gasteiger partial charge on any atom is -0.494 e. The van der Waals surface area contributed by atoms with Crippen molar-refractivity contribution in [3.8, 4) is 28.8 Å². The summed E-state index contributed by atoms with van der Waals surface area (Å²) in [4.78, 5) is 8.43. The van der Waals surface area contributed by atoms with Crippen LogP contribution >= 0.6 is 0 Å². The van der Waals surface area contributed by atoms with Crippen molar-refractivity contribution in [2.24, 2.45) is 0 Å². The Morgan fingerprint density at radius 2 is 1.69 bits per heavy atom. The minimum absolute atomic E-state index is 0.0477. The molecule has 0 fully saturated rings. The van der Waals surface area contributed by atoms with Gasteiger partial charge in [0.2, 0.25) is 21.8 Å². The number of rotatable bonds is 9. The number of benzene rings is 1. The van der Waals surface area contributed by atoms with Crippen molar-refractivity contribution in [1.29, 1.82) is 0 Å². The molecule has 184 valence electrons. The summed E-state index contributed by atoms with van der Waals surface area (Å²) in [6.45, 7) is 5.24. The lowest BCUT2D eigenvalue weighted by atomic mass is 10.2. The van der Waals surface area contributed by atoms with Gasteiger partial charge in [-0.25, -0.2) is 18.4 Å². The third-order valence-electron chi connectivity index (χ3n) is 5.32. The highest BCUT2D eigenvalue weighted by Gasteiger charge is 2.29. The van der Waals surface area contributed by atoms with E-state index in [0.29, 0.717) is 34.5 Å². The quantitative estimate of drug-likeness (QED) is 0.369. The van der Waals surface area contributed by atoms with E-state index >= 15 is 0 Å². The SMILES string of the molecule is COc1cccc(OC)c1-n1c(NS(=O)(=O)[C@H](C)Cc2ncc(C)cn2)nnc1-c1ccc(C)o1. The Labute approximate surface area is 203 Å². The number of aromatic nitrogens is 5. The minimum atomic E-state index is -3.92. The average molecular weight is 499 g/mol. The molecule has 1 aromatic carbocycles. The van der Waals surface area contributed by atoms with Gasteiger partial charge in [0.05, 0.1) is 19.5 Å². The highest BCUT2D eigenvalue weighted by Crippen LogP contribution is 2.38. The van der Waals surface area contributed by atoms with Crippen molar-refractivity contribution in [3.05, 3.63) is 59.9 Å². The fourth-order valence-corrected chi connectivity index (χ4v) is 4.40. The van der Waals surface area contributed by atoms with Gasteiger partial charge in [-0.2, -0.15) is 0 Å². The molecule has 11 nitrogen and oxygen atoms in total. The molecule has 3 aromatic heterocycles. The Bertz CT molecular complexity index is 1410. The number of furan rings is 1. The molecular formula is C23H26N6O5S. The van der Waals surface area contributed by atoms with Crippen LogP contribution in [0.5, 0.6) is 11.5 Å². The zero-order valence-electron chi connectivity index (χ0n) is 20.0. The Morgan fingerprint density at radius 1 is 1.03 bits per heavy atom. The van der Waals surface area contributed by atoms with Crippen molar-refractivity contribution in [3.63, 3.8) is 0 Å². The van der Waals surface area contributed by atoms with Gasteiger partial charge < -0.3 is 13.9 Å². The first-order valence-electron chi connectivity index (χ1n) is 10.8. The highest BCUT2D eigenvalue weighted by molar-refractivity contribution is 7.93. The maximum atomic E-state index is 13.3. The lowest BCUT2D eigenvalue weighted by molar-refractivity contribution is 0.391. The molecule has 0 amide bonds. The third kappa shape index (κ3) is 4.97. The van der Waals surface area contributed by atoms with Gasteiger partial charge in [-0.3, -0.25) is 9.29 Å². The van der Waals surface area contributed by atoms with Crippen LogP contribution in [0.1, 0.15) is 24.1 Å². The van der Waals surface area contributed by atoms with Crippen molar-refractivity contribution in [2.45, 2.75) is 32.4 Å². The highest BCUT2D eigenvalue weighted by atomic mass is 32.2. The fraction of sp³-hybridized carbons (Fsp3) is 0.304. The van der Waals surface area contributed by atoms with Gasteiger partial charge in [0.15, 0.2) is 5.76 Å². The van der Waals surface area contributed by atoms with Crippen LogP contribution in [0.4, 0.5) is 5.95 Å². The summed E-state index contributed by atoms with van der Waals surface area (Å²) in [6.07, 6.45) is 3.42. The second-order valence-electron chi connectivity index (χ2n) is 7.94. The van der Waals surface area contributed by atoms with Crippen molar-refractivity contribution >= 4 is 16.0 Å². The number of nitrogens with zero attached hydrogens (tertiary/aromatic N) is 5. The zero-order valence-corrected chi connectivity index (χ0v) is 20.8. The standard InChI is InChI=1S/C23H26N6O5S/c1-14-12-24-20(25-13-14)11-16(3)35(30,31)28-23-27-26-22(19-10-9-15(2)34-19)29(23)21-17(32-4)7-6-8-18(21)33-5/h6-10,12-13,16H,11H2,1-5H3,(H,27,28)/t16-/m1/s1. The van der Waals surface area contributed by atoms with Gasteiger partial charge in [0, 0.05) is 18.8 Å². The van der Waals surface area contributed by atoms with Crippen molar-refractivity contribution < 1.29 is 22.3 Å². The van der Waals surface area contributed by atoms with E-state index in [-0.39, 0.29) is 18.2 Å². The summed E-state index contributed by atoms with van der Waals surface area (Å²) in [6, 6.07) is 8.72. The molecule has 0 saturated carbocycles. The number of ether oxygens (including phenoxy) is 2. The molecule has 3 heterocycles. The first kappa shape index (κ1) is 24.2. The predicted octanol–water partition coefficient (Wildman–Crippen LogP) is 3.32. The first-order chi connectivity index (χ1) is 16.7. The van der Waals surface area contributed by atoms with E-state index in [1.165, 1.54) is 18.8 Å². The van der Waals surface area contributed by atoms with Crippen LogP contribution in [-0.4, -0.2) is 52.6 Å². The van der Waals surface area contributed by atoms with E-state index in [1.54, 1.807) is 56.6 Å². The molecule has 4 rings (SSSR count). The largest absolute Gasteiger partial charge is 0.494 e. The molecule has 0 spiro atoms. The summed E-state index contributed by atoms with van der Waals surface area (Å²) in [5, 5.41) is 7.50. The Kier molecular flexibility index (Phi) is 6.74. The topological polar surface area (TPSA) is 134 Å². The summed E-state index contributed by atoms with van der Waals surface area (Å²) in [5.74, 6) is 2.56. The molecule has 0 radical (unpaired) electrons. The first-order valence-corrected chi connectivity index (χ1v) is 12.3. The molecule has 4 aromatic rings. The number of methoxy groups -OCH3 is 2. The predicted molar refractivity (Wildman–Crippen MR) is 129 cm³/mol. The summed E-state index contributed by atoms with van der Waals surface area (Å²) >= 11 is 0. The van der Waals surface area contributed by atoms with Gasteiger partial charge in [-0.05, 0) is 50.6 Å².